The lowest BCUT2D eigenvalue weighted by Gasteiger charge is -2.14. The van der Waals surface area contributed by atoms with Crippen molar-refractivity contribution in [1.82, 2.24) is 14.9 Å². The van der Waals surface area contributed by atoms with E-state index in [0.29, 0.717) is 5.92 Å². The molecule has 17 heavy (non-hydrogen) atoms. The second-order valence-electron chi connectivity index (χ2n) is 4.63. The first kappa shape index (κ1) is 12.1. The monoisotopic (exact) mass is 231 g/mol. The summed E-state index contributed by atoms with van der Waals surface area (Å²) < 4.78 is 2.14. The zero-order chi connectivity index (χ0) is 12.4. The number of benzene rings is 1. The van der Waals surface area contributed by atoms with Crippen LogP contribution in [0, 0.1) is 6.92 Å². The van der Waals surface area contributed by atoms with Crippen molar-refractivity contribution < 1.29 is 0 Å². The Kier molecular flexibility index (Phi) is 3.48. The molecule has 1 heterocycles. The third-order valence-corrected chi connectivity index (χ3v) is 3.54. The number of hydrogen-bond donors (Lipinski definition) is 1. The SMILES string of the molecule is CCC(CNC)c1ccc2c(c1)nc(C)n2C. The van der Waals surface area contributed by atoms with Crippen LogP contribution in [0.25, 0.3) is 11.0 Å². The van der Waals surface area contributed by atoms with Gasteiger partial charge in [-0.25, -0.2) is 4.98 Å². The van der Waals surface area contributed by atoms with Crippen molar-refractivity contribution in [3.8, 4) is 0 Å². The van der Waals surface area contributed by atoms with Crippen LogP contribution in [0.15, 0.2) is 18.2 Å². The molecule has 1 atom stereocenters. The van der Waals surface area contributed by atoms with Crippen LogP contribution >= 0.6 is 0 Å². The minimum absolute atomic E-state index is 0.576. The fraction of sp³-hybridized carbons (Fsp3) is 0.500. The van der Waals surface area contributed by atoms with E-state index in [9.17, 15) is 0 Å². The maximum Gasteiger partial charge on any atom is 0.106 e. The summed E-state index contributed by atoms with van der Waals surface area (Å²) in [4.78, 5) is 4.59. The minimum Gasteiger partial charge on any atom is -0.331 e. The quantitative estimate of drug-likeness (QED) is 0.876. The lowest BCUT2D eigenvalue weighted by atomic mass is 9.96. The van der Waals surface area contributed by atoms with Crippen molar-refractivity contribution in [2.45, 2.75) is 26.2 Å². The van der Waals surface area contributed by atoms with Crippen molar-refractivity contribution >= 4 is 11.0 Å². The van der Waals surface area contributed by atoms with E-state index in [1.807, 2.05) is 14.0 Å². The van der Waals surface area contributed by atoms with E-state index in [-0.39, 0.29) is 0 Å². The fourth-order valence-electron chi connectivity index (χ4n) is 2.34. The third-order valence-electron chi connectivity index (χ3n) is 3.54. The molecular formula is C14H21N3. The molecule has 0 amide bonds. The highest BCUT2D eigenvalue weighted by atomic mass is 15.0. The summed E-state index contributed by atoms with van der Waals surface area (Å²) in [7, 11) is 4.07. The second-order valence-corrected chi connectivity index (χ2v) is 4.63. The topological polar surface area (TPSA) is 29.9 Å². The van der Waals surface area contributed by atoms with E-state index in [2.05, 4.69) is 47.0 Å². The Morgan fingerprint density at radius 3 is 2.82 bits per heavy atom. The van der Waals surface area contributed by atoms with E-state index in [4.69, 9.17) is 0 Å². The Hall–Kier alpha value is -1.35. The van der Waals surface area contributed by atoms with Gasteiger partial charge in [0.15, 0.2) is 0 Å². The average Bonchev–Trinajstić information content (AvgIpc) is 2.61. The van der Waals surface area contributed by atoms with Crippen LogP contribution in [-0.2, 0) is 7.05 Å². The van der Waals surface area contributed by atoms with E-state index >= 15 is 0 Å². The smallest absolute Gasteiger partial charge is 0.106 e. The maximum absolute atomic E-state index is 4.59. The van der Waals surface area contributed by atoms with Gasteiger partial charge in [0.2, 0.25) is 0 Å². The van der Waals surface area contributed by atoms with Crippen molar-refractivity contribution in [2.24, 2.45) is 7.05 Å². The van der Waals surface area contributed by atoms with Crippen LogP contribution in [0.4, 0.5) is 0 Å². The summed E-state index contributed by atoms with van der Waals surface area (Å²) in [5.41, 5.74) is 3.70. The van der Waals surface area contributed by atoms with Gasteiger partial charge in [0.25, 0.3) is 0 Å². The number of nitrogens with one attached hydrogen (secondary N) is 1. The number of hydrogen-bond acceptors (Lipinski definition) is 2. The first-order chi connectivity index (χ1) is 8.17. The number of rotatable bonds is 4. The number of nitrogens with zero attached hydrogens (tertiary/aromatic N) is 2. The molecule has 0 aliphatic heterocycles. The molecule has 0 saturated carbocycles. The summed E-state index contributed by atoms with van der Waals surface area (Å²) in [5, 5.41) is 3.26. The van der Waals surface area contributed by atoms with E-state index < -0.39 is 0 Å². The molecule has 1 aromatic carbocycles. The van der Waals surface area contributed by atoms with Gasteiger partial charge in [0.1, 0.15) is 5.82 Å². The van der Waals surface area contributed by atoms with Crippen molar-refractivity contribution in [1.29, 1.82) is 0 Å². The van der Waals surface area contributed by atoms with Crippen LogP contribution in [0.2, 0.25) is 0 Å². The normalized spacial score (nSPS) is 13.2. The Morgan fingerprint density at radius 2 is 2.18 bits per heavy atom. The van der Waals surface area contributed by atoms with Gasteiger partial charge < -0.3 is 9.88 Å². The standard InChI is InChI=1S/C14H21N3/c1-5-11(9-15-3)12-6-7-14-13(8-12)16-10(2)17(14)4/h6-8,11,15H,5,9H2,1-4H3. The zero-order valence-corrected chi connectivity index (χ0v) is 11.1. The molecule has 0 aliphatic carbocycles. The summed E-state index contributed by atoms with van der Waals surface area (Å²) in [6.45, 7) is 5.30. The molecule has 0 saturated heterocycles. The molecule has 0 aliphatic rings. The third kappa shape index (κ3) is 2.20. The van der Waals surface area contributed by atoms with Crippen molar-refractivity contribution in [2.75, 3.05) is 13.6 Å². The Balaban J connectivity index is 2.43. The number of likely N-dealkylation sites (N-methyl/N-ethyl adjacent to an activating group) is 1. The Labute approximate surface area is 103 Å². The van der Waals surface area contributed by atoms with E-state index in [1.165, 1.54) is 11.1 Å². The molecule has 0 bridgehead atoms. The van der Waals surface area contributed by atoms with Crippen LogP contribution in [0.1, 0.15) is 30.7 Å². The fourth-order valence-corrected chi connectivity index (χ4v) is 2.34. The second kappa shape index (κ2) is 4.88. The minimum atomic E-state index is 0.576. The highest BCUT2D eigenvalue weighted by Gasteiger charge is 2.11. The van der Waals surface area contributed by atoms with Gasteiger partial charge in [-0.3, -0.25) is 0 Å². The van der Waals surface area contributed by atoms with Crippen LogP contribution in [0.3, 0.4) is 0 Å². The Morgan fingerprint density at radius 1 is 1.41 bits per heavy atom. The van der Waals surface area contributed by atoms with Crippen molar-refractivity contribution in [3.63, 3.8) is 0 Å². The van der Waals surface area contributed by atoms with Crippen molar-refractivity contribution in [3.05, 3.63) is 29.6 Å². The summed E-state index contributed by atoms with van der Waals surface area (Å²) in [6.07, 6.45) is 1.15. The van der Waals surface area contributed by atoms with Gasteiger partial charge in [0.05, 0.1) is 11.0 Å². The molecular weight excluding hydrogens is 210 g/mol. The summed E-state index contributed by atoms with van der Waals surface area (Å²) in [5.74, 6) is 1.64. The molecule has 2 rings (SSSR count). The van der Waals surface area contributed by atoms with Gasteiger partial charge in [-0.1, -0.05) is 13.0 Å². The molecule has 1 unspecified atom stereocenters. The number of fused-ring (bicyclic) bond motifs is 1. The largest absolute Gasteiger partial charge is 0.331 e. The van der Waals surface area contributed by atoms with Crippen LogP contribution in [-0.4, -0.2) is 23.1 Å². The summed E-state index contributed by atoms with van der Waals surface area (Å²) >= 11 is 0. The number of aryl methyl sites for hydroxylation is 2. The molecule has 0 radical (unpaired) electrons. The predicted molar refractivity (Wildman–Crippen MR) is 72.4 cm³/mol. The van der Waals surface area contributed by atoms with Gasteiger partial charge >= 0.3 is 0 Å². The Bertz CT molecular complexity index is 513. The molecule has 3 nitrogen and oxygen atoms in total. The van der Waals surface area contributed by atoms with Gasteiger partial charge in [-0.15, -0.1) is 0 Å². The zero-order valence-electron chi connectivity index (χ0n) is 11.1. The molecule has 92 valence electrons. The maximum atomic E-state index is 4.59. The molecule has 0 fully saturated rings. The lowest BCUT2D eigenvalue weighted by Crippen LogP contribution is -2.16. The first-order valence-corrected chi connectivity index (χ1v) is 6.25. The predicted octanol–water partition coefficient (Wildman–Crippen LogP) is 2.59. The number of imidazole rings is 1. The highest BCUT2D eigenvalue weighted by molar-refractivity contribution is 5.77. The average molecular weight is 231 g/mol. The molecule has 3 heteroatoms. The van der Waals surface area contributed by atoms with Gasteiger partial charge in [-0.05, 0) is 44.0 Å². The van der Waals surface area contributed by atoms with E-state index in [1.54, 1.807) is 0 Å². The van der Waals surface area contributed by atoms with Crippen LogP contribution < -0.4 is 5.32 Å². The van der Waals surface area contributed by atoms with Gasteiger partial charge in [-0.2, -0.15) is 0 Å². The van der Waals surface area contributed by atoms with Gasteiger partial charge in [0, 0.05) is 13.6 Å². The first-order valence-electron chi connectivity index (χ1n) is 6.25. The number of aromatic nitrogens is 2. The lowest BCUT2D eigenvalue weighted by molar-refractivity contribution is 0.612. The molecule has 1 N–H and O–H groups in total. The molecule has 1 aromatic heterocycles. The molecule has 2 aromatic rings. The highest BCUT2D eigenvalue weighted by Crippen LogP contribution is 2.23. The summed E-state index contributed by atoms with van der Waals surface area (Å²) in [6, 6.07) is 6.64. The van der Waals surface area contributed by atoms with Crippen LogP contribution in [0.5, 0.6) is 0 Å². The van der Waals surface area contributed by atoms with E-state index in [0.717, 1.165) is 24.3 Å². The molecule has 0 spiro atoms.